The molecule has 6 nitrogen and oxygen atoms in total. The highest BCUT2D eigenvalue weighted by Gasteiger charge is 2.43. The lowest BCUT2D eigenvalue weighted by atomic mass is 10.1. The van der Waals surface area contributed by atoms with Crippen molar-refractivity contribution in [2.45, 2.75) is 32.3 Å². The number of carbonyl (C=O) groups excluding carboxylic acids is 2. The van der Waals surface area contributed by atoms with Gasteiger partial charge in [-0.1, -0.05) is 47.5 Å². The minimum atomic E-state index is -1.37. The number of halogens is 2. The van der Waals surface area contributed by atoms with E-state index in [-0.39, 0.29) is 6.42 Å². The van der Waals surface area contributed by atoms with E-state index >= 15 is 0 Å². The molecular weight excluding hydrogens is 393 g/mol. The fourth-order valence-electron chi connectivity index (χ4n) is 2.56. The summed E-state index contributed by atoms with van der Waals surface area (Å²) in [7, 11) is 0. The Morgan fingerprint density at radius 1 is 1.15 bits per heavy atom. The van der Waals surface area contributed by atoms with E-state index in [1.54, 1.807) is 50.2 Å². The Labute approximate surface area is 166 Å². The third kappa shape index (κ3) is 4.71. The van der Waals surface area contributed by atoms with E-state index in [0.717, 1.165) is 0 Å². The molecule has 1 saturated heterocycles. The Morgan fingerprint density at radius 3 is 2.44 bits per heavy atom. The average Bonchev–Trinajstić information content (AvgIpc) is 2.84. The Bertz CT molecular complexity index is 864. The van der Waals surface area contributed by atoms with E-state index in [4.69, 9.17) is 37.4 Å². The number of para-hydroxylation sites is 2. The Morgan fingerprint density at radius 2 is 1.81 bits per heavy atom. The molecule has 0 saturated carbocycles. The van der Waals surface area contributed by atoms with Crippen LogP contribution in [-0.2, 0) is 30.2 Å². The zero-order chi connectivity index (χ0) is 19.6. The second-order valence-corrected chi connectivity index (χ2v) is 7.13. The molecule has 0 aromatic heterocycles. The number of anilines is 2. The smallest absolute Gasteiger partial charge is 0.379 e. The molecule has 2 aromatic rings. The first-order valence-corrected chi connectivity index (χ1v) is 8.90. The first kappa shape index (κ1) is 19.5. The van der Waals surface area contributed by atoms with Crippen molar-refractivity contribution >= 4 is 46.5 Å². The van der Waals surface area contributed by atoms with Gasteiger partial charge < -0.3 is 14.8 Å². The molecule has 8 heteroatoms. The molecule has 3 rings (SSSR count). The van der Waals surface area contributed by atoms with Crippen LogP contribution in [0, 0.1) is 0 Å². The van der Waals surface area contributed by atoms with Crippen molar-refractivity contribution in [1.29, 1.82) is 0 Å². The van der Waals surface area contributed by atoms with Crippen LogP contribution >= 0.6 is 23.2 Å². The number of hydrogen-bond donors (Lipinski definition) is 1. The Kier molecular flexibility index (Phi) is 5.60. The largest absolute Gasteiger partial charge is 0.429 e. The predicted octanol–water partition coefficient (Wildman–Crippen LogP) is 4.46. The quantitative estimate of drug-likeness (QED) is 0.734. The zero-order valence-electron chi connectivity index (χ0n) is 14.6. The van der Waals surface area contributed by atoms with Crippen LogP contribution in [0.25, 0.3) is 0 Å². The monoisotopic (exact) mass is 409 g/mol. The molecule has 1 aliphatic rings. The first-order chi connectivity index (χ1) is 12.7. The minimum absolute atomic E-state index is 0.0845. The topological polar surface area (TPSA) is 73.9 Å². The lowest BCUT2D eigenvalue weighted by molar-refractivity contribution is -0.197. The maximum Gasteiger partial charge on any atom is 0.379 e. The molecule has 0 bridgehead atoms. The summed E-state index contributed by atoms with van der Waals surface area (Å²) in [5, 5.41) is 4.03. The molecule has 1 unspecified atom stereocenters. The molecule has 1 aliphatic heterocycles. The predicted molar refractivity (Wildman–Crippen MR) is 101 cm³/mol. The number of rotatable bonds is 5. The van der Waals surface area contributed by atoms with Crippen LogP contribution in [0.4, 0.5) is 11.4 Å². The molecule has 2 aromatic carbocycles. The SMILES string of the molecule is CC1(C)OC(=O)C(OC(=O)Cc2ccccc2Nc2c(Cl)cccc2Cl)O1. The van der Waals surface area contributed by atoms with Gasteiger partial charge in [0, 0.05) is 19.5 Å². The van der Waals surface area contributed by atoms with Crippen molar-refractivity contribution in [2.75, 3.05) is 5.32 Å². The number of hydrogen-bond acceptors (Lipinski definition) is 6. The van der Waals surface area contributed by atoms with E-state index in [1.807, 2.05) is 6.07 Å². The van der Waals surface area contributed by atoms with Crippen molar-refractivity contribution in [3.63, 3.8) is 0 Å². The van der Waals surface area contributed by atoms with Crippen LogP contribution < -0.4 is 5.32 Å². The number of esters is 2. The average molecular weight is 410 g/mol. The van der Waals surface area contributed by atoms with E-state index in [2.05, 4.69) is 5.32 Å². The molecule has 0 spiro atoms. The van der Waals surface area contributed by atoms with Crippen molar-refractivity contribution < 1.29 is 23.8 Å². The van der Waals surface area contributed by atoms with E-state index < -0.39 is 24.0 Å². The van der Waals surface area contributed by atoms with Gasteiger partial charge in [0.25, 0.3) is 0 Å². The van der Waals surface area contributed by atoms with Gasteiger partial charge >= 0.3 is 18.2 Å². The molecule has 1 atom stereocenters. The van der Waals surface area contributed by atoms with Crippen molar-refractivity contribution in [3.8, 4) is 0 Å². The van der Waals surface area contributed by atoms with Gasteiger partial charge in [0.15, 0.2) is 0 Å². The number of benzene rings is 2. The molecule has 0 amide bonds. The molecule has 27 heavy (non-hydrogen) atoms. The Balaban J connectivity index is 1.73. The molecule has 142 valence electrons. The fourth-order valence-corrected chi connectivity index (χ4v) is 3.05. The highest BCUT2D eigenvalue weighted by atomic mass is 35.5. The van der Waals surface area contributed by atoms with Crippen LogP contribution in [-0.4, -0.2) is 24.0 Å². The van der Waals surface area contributed by atoms with Gasteiger partial charge in [-0.05, 0) is 23.8 Å². The van der Waals surface area contributed by atoms with Gasteiger partial charge in [-0.3, -0.25) is 9.53 Å². The van der Waals surface area contributed by atoms with Crippen molar-refractivity contribution in [1.82, 2.24) is 0 Å². The van der Waals surface area contributed by atoms with Crippen LogP contribution in [0.1, 0.15) is 19.4 Å². The number of carbonyl (C=O) groups is 2. The van der Waals surface area contributed by atoms with E-state index in [1.165, 1.54) is 0 Å². The standard InChI is InChI=1S/C19H17Cl2NO5/c1-19(2)26-17(24)18(27-19)25-15(23)10-11-6-3-4-9-14(11)22-16-12(20)7-5-8-13(16)21/h3-9,18,22H,10H2,1-2H3. The van der Waals surface area contributed by atoms with Crippen molar-refractivity contribution in [2.24, 2.45) is 0 Å². The molecule has 1 N–H and O–H groups in total. The Hall–Kier alpha value is -2.28. The van der Waals surface area contributed by atoms with Crippen LogP contribution in [0.15, 0.2) is 42.5 Å². The molecular formula is C19H17Cl2NO5. The molecule has 1 heterocycles. The van der Waals surface area contributed by atoms with Gasteiger partial charge in [-0.15, -0.1) is 0 Å². The number of cyclic esters (lactones) is 1. The summed E-state index contributed by atoms with van der Waals surface area (Å²) in [4.78, 5) is 24.0. The molecule has 1 fully saturated rings. The van der Waals surface area contributed by atoms with Crippen LogP contribution in [0.5, 0.6) is 0 Å². The third-order valence-electron chi connectivity index (χ3n) is 3.74. The summed E-state index contributed by atoms with van der Waals surface area (Å²) < 4.78 is 15.3. The van der Waals surface area contributed by atoms with Gasteiger partial charge in [-0.2, -0.15) is 0 Å². The van der Waals surface area contributed by atoms with Gasteiger partial charge in [0.1, 0.15) is 0 Å². The lowest BCUT2D eigenvalue weighted by Crippen LogP contribution is -2.26. The fraction of sp³-hybridized carbons (Fsp3) is 0.263. The second-order valence-electron chi connectivity index (χ2n) is 6.32. The summed E-state index contributed by atoms with van der Waals surface area (Å²) in [6.07, 6.45) is -1.45. The molecule has 0 radical (unpaired) electrons. The van der Waals surface area contributed by atoms with E-state index in [9.17, 15) is 9.59 Å². The van der Waals surface area contributed by atoms with Gasteiger partial charge in [-0.25, -0.2) is 4.79 Å². The normalized spacial score (nSPS) is 18.1. The molecule has 0 aliphatic carbocycles. The zero-order valence-corrected chi connectivity index (χ0v) is 16.1. The van der Waals surface area contributed by atoms with Crippen LogP contribution in [0.3, 0.4) is 0 Å². The highest BCUT2D eigenvalue weighted by Crippen LogP contribution is 2.34. The summed E-state index contributed by atoms with van der Waals surface area (Å²) in [6.45, 7) is 3.12. The summed E-state index contributed by atoms with van der Waals surface area (Å²) in [6, 6.07) is 12.3. The summed E-state index contributed by atoms with van der Waals surface area (Å²) in [5.74, 6) is -2.49. The number of ether oxygens (including phenoxy) is 3. The minimum Gasteiger partial charge on any atom is -0.429 e. The van der Waals surface area contributed by atoms with Crippen LogP contribution in [0.2, 0.25) is 10.0 Å². The van der Waals surface area contributed by atoms with Gasteiger partial charge in [0.05, 0.1) is 22.2 Å². The summed E-state index contributed by atoms with van der Waals surface area (Å²) in [5.41, 5.74) is 1.81. The number of nitrogens with one attached hydrogen (secondary N) is 1. The maximum absolute atomic E-state index is 12.3. The maximum atomic E-state index is 12.3. The van der Waals surface area contributed by atoms with E-state index in [0.29, 0.717) is 27.0 Å². The first-order valence-electron chi connectivity index (χ1n) is 8.14. The lowest BCUT2D eigenvalue weighted by Gasteiger charge is -2.16. The third-order valence-corrected chi connectivity index (χ3v) is 4.37. The van der Waals surface area contributed by atoms with Gasteiger partial charge in [0.2, 0.25) is 5.79 Å². The highest BCUT2D eigenvalue weighted by molar-refractivity contribution is 6.39. The summed E-state index contributed by atoms with van der Waals surface area (Å²) >= 11 is 12.4. The van der Waals surface area contributed by atoms with Crippen molar-refractivity contribution in [3.05, 3.63) is 58.1 Å². The second kappa shape index (κ2) is 7.76.